The average Bonchev–Trinajstić information content (AvgIpc) is 2.66. The SMILES string of the molecule is O=C(NCc1ccncc1)c1cccnc1NCc1ccncc1. The summed E-state index contributed by atoms with van der Waals surface area (Å²) in [6, 6.07) is 11.1. The number of aromatic nitrogens is 3. The molecule has 0 aliphatic heterocycles. The lowest BCUT2D eigenvalue weighted by molar-refractivity contribution is 0.0951. The summed E-state index contributed by atoms with van der Waals surface area (Å²) in [5, 5.41) is 6.10. The molecule has 0 atom stereocenters. The van der Waals surface area contributed by atoms with E-state index in [0.29, 0.717) is 24.5 Å². The van der Waals surface area contributed by atoms with E-state index >= 15 is 0 Å². The van der Waals surface area contributed by atoms with Crippen LogP contribution in [-0.2, 0) is 13.1 Å². The van der Waals surface area contributed by atoms with Gasteiger partial charge in [-0.1, -0.05) is 0 Å². The Labute approximate surface area is 140 Å². The van der Waals surface area contributed by atoms with Crippen molar-refractivity contribution in [3.63, 3.8) is 0 Å². The molecule has 3 aromatic heterocycles. The fourth-order valence-electron chi connectivity index (χ4n) is 2.19. The normalized spacial score (nSPS) is 10.2. The minimum absolute atomic E-state index is 0.169. The first-order valence-electron chi connectivity index (χ1n) is 7.58. The smallest absolute Gasteiger partial charge is 0.255 e. The van der Waals surface area contributed by atoms with E-state index in [1.165, 1.54) is 0 Å². The number of carbonyl (C=O) groups is 1. The summed E-state index contributed by atoms with van der Waals surface area (Å²) < 4.78 is 0. The van der Waals surface area contributed by atoms with E-state index in [-0.39, 0.29) is 5.91 Å². The Bertz CT molecular complexity index is 793. The van der Waals surface area contributed by atoms with Crippen LogP contribution in [-0.4, -0.2) is 20.9 Å². The Hall–Kier alpha value is -3.28. The fraction of sp³-hybridized carbons (Fsp3) is 0.111. The number of amides is 1. The van der Waals surface area contributed by atoms with Gasteiger partial charge in [-0.25, -0.2) is 4.98 Å². The first-order chi connectivity index (χ1) is 11.8. The lowest BCUT2D eigenvalue weighted by Crippen LogP contribution is -2.24. The van der Waals surface area contributed by atoms with Crippen molar-refractivity contribution < 1.29 is 4.79 Å². The van der Waals surface area contributed by atoms with Gasteiger partial charge >= 0.3 is 0 Å². The van der Waals surface area contributed by atoms with Gasteiger partial charge in [-0.15, -0.1) is 0 Å². The summed E-state index contributed by atoms with van der Waals surface area (Å²) in [6.45, 7) is 1.02. The van der Waals surface area contributed by atoms with Crippen molar-refractivity contribution >= 4 is 11.7 Å². The highest BCUT2D eigenvalue weighted by Gasteiger charge is 2.11. The molecule has 24 heavy (non-hydrogen) atoms. The van der Waals surface area contributed by atoms with Crippen LogP contribution < -0.4 is 10.6 Å². The molecule has 6 nitrogen and oxygen atoms in total. The Morgan fingerprint density at radius 3 is 2.12 bits per heavy atom. The maximum Gasteiger partial charge on any atom is 0.255 e. The third kappa shape index (κ3) is 4.13. The monoisotopic (exact) mass is 319 g/mol. The predicted octanol–water partition coefficient (Wildman–Crippen LogP) is 2.41. The first kappa shape index (κ1) is 15.6. The fourth-order valence-corrected chi connectivity index (χ4v) is 2.19. The molecule has 2 N–H and O–H groups in total. The largest absolute Gasteiger partial charge is 0.365 e. The van der Waals surface area contributed by atoms with Gasteiger partial charge in [0, 0.05) is 44.1 Å². The Morgan fingerprint density at radius 2 is 1.46 bits per heavy atom. The van der Waals surface area contributed by atoms with E-state index in [4.69, 9.17) is 0 Å². The van der Waals surface area contributed by atoms with Crippen LogP contribution in [0.2, 0.25) is 0 Å². The van der Waals surface area contributed by atoms with Gasteiger partial charge in [0.05, 0.1) is 5.56 Å². The third-order valence-corrected chi connectivity index (χ3v) is 3.46. The first-order valence-corrected chi connectivity index (χ1v) is 7.58. The zero-order valence-corrected chi connectivity index (χ0v) is 13.0. The van der Waals surface area contributed by atoms with Crippen molar-refractivity contribution in [3.05, 3.63) is 84.1 Å². The van der Waals surface area contributed by atoms with Gasteiger partial charge in [0.1, 0.15) is 5.82 Å². The minimum atomic E-state index is -0.169. The highest BCUT2D eigenvalue weighted by Crippen LogP contribution is 2.13. The molecule has 3 heterocycles. The van der Waals surface area contributed by atoms with Crippen molar-refractivity contribution in [1.82, 2.24) is 20.3 Å². The molecular weight excluding hydrogens is 302 g/mol. The molecule has 0 saturated heterocycles. The topological polar surface area (TPSA) is 79.8 Å². The summed E-state index contributed by atoms with van der Waals surface area (Å²) in [7, 11) is 0. The van der Waals surface area contributed by atoms with Gasteiger partial charge < -0.3 is 10.6 Å². The molecule has 6 heteroatoms. The second-order valence-electron chi connectivity index (χ2n) is 5.15. The van der Waals surface area contributed by atoms with E-state index in [9.17, 15) is 4.79 Å². The molecule has 120 valence electrons. The minimum Gasteiger partial charge on any atom is -0.365 e. The molecule has 3 aromatic rings. The van der Waals surface area contributed by atoms with Crippen LogP contribution in [0.1, 0.15) is 21.5 Å². The van der Waals surface area contributed by atoms with Crippen LogP contribution in [0.5, 0.6) is 0 Å². The number of pyridine rings is 3. The average molecular weight is 319 g/mol. The van der Waals surface area contributed by atoms with Crippen LogP contribution in [0.25, 0.3) is 0 Å². The Morgan fingerprint density at radius 1 is 0.833 bits per heavy atom. The third-order valence-electron chi connectivity index (χ3n) is 3.46. The summed E-state index contributed by atoms with van der Waals surface area (Å²) >= 11 is 0. The number of nitrogens with zero attached hydrogens (tertiary/aromatic N) is 3. The van der Waals surface area contributed by atoms with Crippen LogP contribution in [0.15, 0.2) is 67.4 Å². The van der Waals surface area contributed by atoms with Gasteiger partial charge in [-0.3, -0.25) is 14.8 Å². The zero-order valence-electron chi connectivity index (χ0n) is 13.0. The summed E-state index contributed by atoms with van der Waals surface area (Å²) in [4.78, 5) is 24.7. The molecule has 0 saturated carbocycles. The van der Waals surface area contributed by atoms with E-state index in [1.54, 1.807) is 43.1 Å². The standard InChI is InChI=1S/C18H17N5O/c24-18(23-13-15-5-10-20-11-6-15)16-2-1-7-21-17(16)22-12-14-3-8-19-9-4-14/h1-11H,12-13H2,(H,21,22)(H,23,24). The molecule has 0 aliphatic carbocycles. The molecule has 1 amide bonds. The number of carbonyl (C=O) groups excluding carboxylic acids is 1. The van der Waals surface area contributed by atoms with Crippen molar-refractivity contribution in [2.24, 2.45) is 0 Å². The number of rotatable bonds is 6. The zero-order chi connectivity index (χ0) is 16.6. The van der Waals surface area contributed by atoms with Gasteiger partial charge in [0.25, 0.3) is 5.91 Å². The van der Waals surface area contributed by atoms with E-state index in [0.717, 1.165) is 11.1 Å². The van der Waals surface area contributed by atoms with Gasteiger partial charge in [0.2, 0.25) is 0 Å². The molecule has 0 unspecified atom stereocenters. The van der Waals surface area contributed by atoms with Crippen molar-refractivity contribution in [3.8, 4) is 0 Å². The highest BCUT2D eigenvalue weighted by molar-refractivity contribution is 5.98. The van der Waals surface area contributed by atoms with E-state index < -0.39 is 0 Å². The number of anilines is 1. The van der Waals surface area contributed by atoms with Gasteiger partial charge in [-0.2, -0.15) is 0 Å². The molecule has 0 fully saturated rings. The summed E-state index contributed by atoms with van der Waals surface area (Å²) in [5.74, 6) is 0.388. The Kier molecular flexibility index (Phi) is 5.09. The van der Waals surface area contributed by atoms with Crippen LogP contribution in [0, 0.1) is 0 Å². The molecule has 0 aromatic carbocycles. The number of hydrogen-bond donors (Lipinski definition) is 2. The quantitative estimate of drug-likeness (QED) is 0.729. The number of nitrogens with one attached hydrogen (secondary N) is 2. The lowest BCUT2D eigenvalue weighted by Gasteiger charge is -2.11. The maximum atomic E-state index is 12.4. The predicted molar refractivity (Wildman–Crippen MR) is 91.2 cm³/mol. The van der Waals surface area contributed by atoms with Gasteiger partial charge in [0.15, 0.2) is 0 Å². The lowest BCUT2D eigenvalue weighted by atomic mass is 10.2. The second kappa shape index (κ2) is 7.82. The highest BCUT2D eigenvalue weighted by atomic mass is 16.1. The van der Waals surface area contributed by atoms with Crippen LogP contribution >= 0.6 is 0 Å². The number of hydrogen-bond acceptors (Lipinski definition) is 5. The van der Waals surface area contributed by atoms with Crippen LogP contribution in [0.3, 0.4) is 0 Å². The van der Waals surface area contributed by atoms with Crippen molar-refractivity contribution in [2.75, 3.05) is 5.32 Å². The molecule has 0 bridgehead atoms. The van der Waals surface area contributed by atoms with Gasteiger partial charge in [-0.05, 0) is 47.5 Å². The molecule has 0 aliphatic rings. The molecule has 3 rings (SSSR count). The van der Waals surface area contributed by atoms with E-state index in [1.807, 2.05) is 24.3 Å². The molecule has 0 radical (unpaired) electrons. The molecule has 0 spiro atoms. The van der Waals surface area contributed by atoms with Crippen molar-refractivity contribution in [2.45, 2.75) is 13.1 Å². The van der Waals surface area contributed by atoms with Crippen molar-refractivity contribution in [1.29, 1.82) is 0 Å². The Balaban J connectivity index is 1.65. The summed E-state index contributed by atoms with van der Waals surface area (Å²) in [6.07, 6.45) is 8.53. The van der Waals surface area contributed by atoms with Crippen LogP contribution in [0.4, 0.5) is 5.82 Å². The maximum absolute atomic E-state index is 12.4. The van der Waals surface area contributed by atoms with E-state index in [2.05, 4.69) is 25.6 Å². The second-order valence-corrected chi connectivity index (χ2v) is 5.15. The molecular formula is C18H17N5O. The summed E-state index contributed by atoms with van der Waals surface area (Å²) in [5.41, 5.74) is 2.58.